The van der Waals surface area contributed by atoms with Crippen LogP contribution in [0.2, 0.25) is 0 Å². The fourth-order valence-corrected chi connectivity index (χ4v) is 2.27. The van der Waals surface area contributed by atoms with Crippen molar-refractivity contribution >= 4 is 21.7 Å². The molecule has 0 aliphatic carbocycles. The minimum Gasteiger partial charge on any atom is -0.496 e. The standard InChI is InChI=1S/C16H15BrO3/c1-19-14-4-3-5-15(20-2)16(14)13(18)10-11-6-8-12(17)9-7-11/h3-9H,10H2,1-2H3. The Morgan fingerprint density at radius 2 is 1.55 bits per heavy atom. The van der Waals surface area contributed by atoms with E-state index in [9.17, 15) is 4.79 Å². The number of carbonyl (C=O) groups is 1. The summed E-state index contributed by atoms with van der Waals surface area (Å²) in [6.07, 6.45) is 0.310. The van der Waals surface area contributed by atoms with Crippen LogP contribution in [0.3, 0.4) is 0 Å². The van der Waals surface area contributed by atoms with Crippen molar-refractivity contribution in [1.82, 2.24) is 0 Å². The van der Waals surface area contributed by atoms with Gasteiger partial charge in [0.05, 0.1) is 14.2 Å². The van der Waals surface area contributed by atoms with E-state index in [4.69, 9.17) is 9.47 Å². The Bertz CT molecular complexity index is 583. The molecular formula is C16H15BrO3. The number of rotatable bonds is 5. The Hall–Kier alpha value is -1.81. The van der Waals surface area contributed by atoms with E-state index >= 15 is 0 Å². The number of Topliss-reactive ketones (excluding diaryl/α,β-unsaturated/α-hetero) is 1. The van der Waals surface area contributed by atoms with Gasteiger partial charge in [-0.3, -0.25) is 4.79 Å². The molecule has 0 saturated carbocycles. The number of halogens is 1. The molecule has 0 unspecified atom stereocenters. The summed E-state index contributed by atoms with van der Waals surface area (Å²) in [5.41, 5.74) is 1.44. The van der Waals surface area contributed by atoms with Crippen LogP contribution in [0.4, 0.5) is 0 Å². The van der Waals surface area contributed by atoms with E-state index in [-0.39, 0.29) is 5.78 Å². The second kappa shape index (κ2) is 6.57. The van der Waals surface area contributed by atoms with Crippen LogP contribution in [-0.4, -0.2) is 20.0 Å². The van der Waals surface area contributed by atoms with Gasteiger partial charge in [0, 0.05) is 10.9 Å². The van der Waals surface area contributed by atoms with Gasteiger partial charge in [0.1, 0.15) is 17.1 Å². The normalized spacial score (nSPS) is 10.2. The van der Waals surface area contributed by atoms with Crippen LogP contribution < -0.4 is 9.47 Å². The van der Waals surface area contributed by atoms with E-state index < -0.39 is 0 Å². The summed E-state index contributed by atoms with van der Waals surface area (Å²) < 4.78 is 11.5. The smallest absolute Gasteiger partial charge is 0.174 e. The molecule has 4 heteroatoms. The first-order chi connectivity index (χ1) is 9.65. The van der Waals surface area contributed by atoms with Gasteiger partial charge in [0.25, 0.3) is 0 Å². The van der Waals surface area contributed by atoms with Gasteiger partial charge in [-0.25, -0.2) is 0 Å². The first-order valence-corrected chi connectivity index (χ1v) is 6.93. The average Bonchev–Trinajstić information content (AvgIpc) is 2.48. The van der Waals surface area contributed by atoms with Crippen molar-refractivity contribution in [3.8, 4) is 11.5 Å². The lowest BCUT2D eigenvalue weighted by Crippen LogP contribution is -2.08. The van der Waals surface area contributed by atoms with Gasteiger partial charge in [0.15, 0.2) is 5.78 Å². The molecule has 2 rings (SSSR count). The summed E-state index contributed by atoms with van der Waals surface area (Å²) >= 11 is 3.38. The molecule has 2 aromatic carbocycles. The summed E-state index contributed by atoms with van der Waals surface area (Å²) in [5.74, 6) is 1.04. The third kappa shape index (κ3) is 3.20. The molecule has 0 aromatic heterocycles. The Kier molecular flexibility index (Phi) is 4.79. The number of ether oxygens (including phenoxy) is 2. The molecule has 0 aliphatic heterocycles. The van der Waals surface area contributed by atoms with Gasteiger partial charge in [-0.15, -0.1) is 0 Å². The van der Waals surface area contributed by atoms with Crippen molar-refractivity contribution in [2.75, 3.05) is 14.2 Å². The summed E-state index contributed by atoms with van der Waals surface area (Å²) in [6, 6.07) is 13.0. The molecule has 0 N–H and O–H groups in total. The summed E-state index contributed by atoms with van der Waals surface area (Å²) in [4.78, 5) is 12.5. The maximum atomic E-state index is 12.5. The molecule has 20 heavy (non-hydrogen) atoms. The molecule has 104 valence electrons. The molecule has 0 bridgehead atoms. The van der Waals surface area contributed by atoms with E-state index in [1.165, 1.54) is 0 Å². The largest absolute Gasteiger partial charge is 0.496 e. The van der Waals surface area contributed by atoms with E-state index in [0.29, 0.717) is 23.5 Å². The minimum absolute atomic E-state index is 0.0263. The summed E-state index contributed by atoms with van der Waals surface area (Å²) in [6.45, 7) is 0. The molecule has 0 radical (unpaired) electrons. The van der Waals surface area contributed by atoms with E-state index in [2.05, 4.69) is 15.9 Å². The number of hydrogen-bond acceptors (Lipinski definition) is 3. The fraction of sp³-hybridized carbons (Fsp3) is 0.188. The van der Waals surface area contributed by atoms with Gasteiger partial charge in [0.2, 0.25) is 0 Å². The van der Waals surface area contributed by atoms with Crippen LogP contribution in [0.1, 0.15) is 15.9 Å². The van der Waals surface area contributed by atoms with Crippen LogP contribution in [0.25, 0.3) is 0 Å². The number of ketones is 1. The van der Waals surface area contributed by atoms with E-state index in [0.717, 1.165) is 10.0 Å². The highest BCUT2D eigenvalue weighted by atomic mass is 79.9. The van der Waals surface area contributed by atoms with Crippen LogP contribution in [0.15, 0.2) is 46.9 Å². The van der Waals surface area contributed by atoms with Gasteiger partial charge in [-0.05, 0) is 29.8 Å². The summed E-state index contributed by atoms with van der Waals surface area (Å²) in [5, 5.41) is 0. The molecule has 0 aliphatic rings. The lowest BCUT2D eigenvalue weighted by Gasteiger charge is -2.12. The average molecular weight is 335 g/mol. The van der Waals surface area contributed by atoms with Crippen molar-refractivity contribution in [2.45, 2.75) is 6.42 Å². The third-order valence-corrected chi connectivity index (χ3v) is 3.51. The molecule has 0 atom stereocenters. The molecule has 0 amide bonds. The second-order valence-corrected chi connectivity index (χ2v) is 5.18. The molecule has 0 spiro atoms. The van der Waals surface area contributed by atoms with Crippen molar-refractivity contribution in [2.24, 2.45) is 0 Å². The van der Waals surface area contributed by atoms with Crippen molar-refractivity contribution < 1.29 is 14.3 Å². The predicted octanol–water partition coefficient (Wildman–Crippen LogP) is 3.89. The molecule has 3 nitrogen and oxygen atoms in total. The zero-order chi connectivity index (χ0) is 14.5. The Morgan fingerprint density at radius 1 is 1.00 bits per heavy atom. The number of carbonyl (C=O) groups excluding carboxylic acids is 1. The Morgan fingerprint density at radius 3 is 2.05 bits per heavy atom. The first-order valence-electron chi connectivity index (χ1n) is 6.14. The SMILES string of the molecule is COc1cccc(OC)c1C(=O)Cc1ccc(Br)cc1. The fourth-order valence-electron chi connectivity index (χ4n) is 2.00. The molecular weight excluding hydrogens is 320 g/mol. The van der Waals surface area contributed by atoms with E-state index in [1.807, 2.05) is 24.3 Å². The van der Waals surface area contributed by atoms with Gasteiger partial charge in [-0.1, -0.05) is 34.1 Å². The summed E-state index contributed by atoms with van der Waals surface area (Å²) in [7, 11) is 3.09. The highest BCUT2D eigenvalue weighted by Crippen LogP contribution is 2.29. The van der Waals surface area contributed by atoms with Crippen LogP contribution in [-0.2, 0) is 6.42 Å². The Labute approximate surface area is 126 Å². The van der Waals surface area contributed by atoms with Crippen LogP contribution >= 0.6 is 15.9 Å². The highest BCUT2D eigenvalue weighted by molar-refractivity contribution is 9.10. The number of methoxy groups -OCH3 is 2. The third-order valence-electron chi connectivity index (χ3n) is 2.98. The maximum absolute atomic E-state index is 12.5. The van der Waals surface area contributed by atoms with Gasteiger partial charge < -0.3 is 9.47 Å². The number of benzene rings is 2. The van der Waals surface area contributed by atoms with Crippen molar-refractivity contribution in [3.63, 3.8) is 0 Å². The van der Waals surface area contributed by atoms with Crippen molar-refractivity contribution in [1.29, 1.82) is 0 Å². The topological polar surface area (TPSA) is 35.5 Å². The minimum atomic E-state index is -0.0263. The molecule has 2 aromatic rings. The maximum Gasteiger partial charge on any atom is 0.174 e. The quantitative estimate of drug-likeness (QED) is 0.778. The zero-order valence-corrected chi connectivity index (χ0v) is 12.9. The molecule has 0 heterocycles. The van der Waals surface area contributed by atoms with Crippen LogP contribution in [0.5, 0.6) is 11.5 Å². The van der Waals surface area contributed by atoms with E-state index in [1.54, 1.807) is 32.4 Å². The van der Waals surface area contributed by atoms with Gasteiger partial charge >= 0.3 is 0 Å². The lowest BCUT2D eigenvalue weighted by atomic mass is 10.0. The monoisotopic (exact) mass is 334 g/mol. The molecule has 0 saturated heterocycles. The van der Waals surface area contributed by atoms with Gasteiger partial charge in [-0.2, -0.15) is 0 Å². The first kappa shape index (κ1) is 14.6. The zero-order valence-electron chi connectivity index (χ0n) is 11.4. The van der Waals surface area contributed by atoms with Crippen LogP contribution in [0, 0.1) is 0 Å². The second-order valence-electron chi connectivity index (χ2n) is 4.26. The van der Waals surface area contributed by atoms with Crippen molar-refractivity contribution in [3.05, 3.63) is 58.1 Å². The predicted molar refractivity (Wildman–Crippen MR) is 81.7 cm³/mol. The molecule has 0 fully saturated rings. The number of hydrogen-bond donors (Lipinski definition) is 0. The Balaban J connectivity index is 2.31. The highest BCUT2D eigenvalue weighted by Gasteiger charge is 2.18. The lowest BCUT2D eigenvalue weighted by molar-refractivity contribution is 0.0987.